The highest BCUT2D eigenvalue weighted by Gasteiger charge is 2.13. The third kappa shape index (κ3) is 2.92. The van der Waals surface area contributed by atoms with Gasteiger partial charge in [-0.05, 0) is 12.1 Å². The minimum absolute atomic E-state index is 0.0853. The van der Waals surface area contributed by atoms with Gasteiger partial charge in [0.05, 0.1) is 11.8 Å². The molecule has 0 N–H and O–H groups in total. The first-order valence-electron chi connectivity index (χ1n) is 5.18. The van der Waals surface area contributed by atoms with Gasteiger partial charge in [-0.2, -0.15) is 0 Å². The fraction of sp³-hybridized carbons (Fsp3) is 0.0769. The first-order valence-corrected chi connectivity index (χ1v) is 5.98. The van der Waals surface area contributed by atoms with E-state index >= 15 is 0 Å². The molecule has 18 heavy (non-hydrogen) atoms. The highest BCUT2D eigenvalue weighted by Crippen LogP contribution is 2.17. The van der Waals surface area contributed by atoms with Crippen LogP contribution in [0.5, 0.6) is 0 Å². The second-order valence-electron chi connectivity index (χ2n) is 3.52. The van der Waals surface area contributed by atoms with Crippen LogP contribution in [0.1, 0.15) is 15.9 Å². The minimum Gasteiger partial charge on any atom is -0.457 e. The molecule has 92 valence electrons. The van der Waals surface area contributed by atoms with Crippen molar-refractivity contribution in [3.63, 3.8) is 0 Å². The van der Waals surface area contributed by atoms with E-state index in [2.05, 4.69) is 20.9 Å². The number of esters is 1. The number of ether oxygens (including phenoxy) is 1. The van der Waals surface area contributed by atoms with Gasteiger partial charge in [-0.15, -0.1) is 0 Å². The van der Waals surface area contributed by atoms with Gasteiger partial charge in [0.2, 0.25) is 0 Å². The van der Waals surface area contributed by atoms with Crippen LogP contribution in [0, 0.1) is 5.82 Å². The van der Waals surface area contributed by atoms with Crippen molar-refractivity contribution in [3.05, 3.63) is 64.1 Å². The summed E-state index contributed by atoms with van der Waals surface area (Å²) in [4.78, 5) is 15.2. The van der Waals surface area contributed by atoms with Crippen molar-refractivity contribution in [2.45, 2.75) is 6.61 Å². The second-order valence-corrected chi connectivity index (χ2v) is 4.38. The lowest BCUT2D eigenvalue weighted by atomic mass is 10.2. The number of carbonyl (C=O) groups is 1. The van der Waals surface area contributed by atoms with Gasteiger partial charge >= 0.3 is 5.97 Å². The van der Waals surface area contributed by atoms with Crippen molar-refractivity contribution < 1.29 is 13.9 Å². The number of rotatable bonds is 3. The maximum atomic E-state index is 13.3. The molecule has 0 aliphatic heterocycles. The molecule has 1 heterocycles. The molecule has 0 amide bonds. The molecule has 0 unspecified atom stereocenters. The molecule has 0 saturated heterocycles. The Balaban J connectivity index is 2.06. The molecule has 0 atom stereocenters. The zero-order chi connectivity index (χ0) is 13.0. The number of carbonyl (C=O) groups excluding carboxylic acids is 1. The van der Waals surface area contributed by atoms with E-state index in [-0.39, 0.29) is 12.2 Å². The maximum Gasteiger partial charge on any atom is 0.341 e. The lowest BCUT2D eigenvalue weighted by molar-refractivity contribution is 0.0466. The Bertz CT molecular complexity index is 574. The van der Waals surface area contributed by atoms with Crippen LogP contribution in [-0.2, 0) is 11.3 Å². The summed E-state index contributed by atoms with van der Waals surface area (Å²) in [6.07, 6.45) is 2.33. The SMILES string of the molecule is O=C(OCc1ccccc1Br)c1ccncc1F. The number of benzene rings is 1. The Morgan fingerprint density at radius 3 is 2.83 bits per heavy atom. The molecule has 0 fully saturated rings. The first-order chi connectivity index (χ1) is 8.68. The standard InChI is InChI=1S/C13H9BrFNO2/c14-11-4-2-1-3-9(11)8-18-13(17)10-5-6-16-7-12(10)15/h1-7H,8H2. The Morgan fingerprint density at radius 2 is 2.11 bits per heavy atom. The molecule has 0 aliphatic carbocycles. The first kappa shape index (κ1) is 12.7. The third-order valence-corrected chi connectivity index (χ3v) is 3.08. The summed E-state index contributed by atoms with van der Waals surface area (Å²) >= 11 is 3.34. The minimum atomic E-state index is -0.703. The second kappa shape index (κ2) is 5.73. The largest absolute Gasteiger partial charge is 0.457 e. The zero-order valence-corrected chi connectivity index (χ0v) is 10.9. The number of hydrogen-bond donors (Lipinski definition) is 0. The molecular weight excluding hydrogens is 301 g/mol. The normalized spacial score (nSPS) is 10.1. The molecule has 2 rings (SSSR count). The molecule has 3 nitrogen and oxygen atoms in total. The van der Waals surface area contributed by atoms with Gasteiger partial charge in [0.15, 0.2) is 5.82 Å². The van der Waals surface area contributed by atoms with Gasteiger partial charge in [-0.25, -0.2) is 9.18 Å². The van der Waals surface area contributed by atoms with Crippen LogP contribution in [0.4, 0.5) is 4.39 Å². The molecule has 1 aromatic carbocycles. The van der Waals surface area contributed by atoms with Crippen molar-refractivity contribution in [1.29, 1.82) is 0 Å². The smallest absolute Gasteiger partial charge is 0.341 e. The Morgan fingerprint density at radius 1 is 1.33 bits per heavy atom. The zero-order valence-electron chi connectivity index (χ0n) is 9.27. The fourth-order valence-electron chi connectivity index (χ4n) is 1.38. The highest BCUT2D eigenvalue weighted by molar-refractivity contribution is 9.10. The Labute approximate surface area is 112 Å². The number of aromatic nitrogens is 1. The van der Waals surface area contributed by atoms with Crippen molar-refractivity contribution in [2.24, 2.45) is 0 Å². The van der Waals surface area contributed by atoms with E-state index in [1.54, 1.807) is 0 Å². The molecule has 0 saturated carbocycles. The van der Waals surface area contributed by atoms with E-state index in [0.717, 1.165) is 16.2 Å². The van der Waals surface area contributed by atoms with Gasteiger partial charge < -0.3 is 4.74 Å². The lowest BCUT2D eigenvalue weighted by Crippen LogP contribution is -2.08. The van der Waals surface area contributed by atoms with Crippen molar-refractivity contribution in [3.8, 4) is 0 Å². The van der Waals surface area contributed by atoms with Crippen LogP contribution in [0.3, 0.4) is 0 Å². The topological polar surface area (TPSA) is 39.2 Å². The van der Waals surface area contributed by atoms with Crippen LogP contribution in [-0.4, -0.2) is 11.0 Å². The van der Waals surface area contributed by atoms with Crippen LogP contribution < -0.4 is 0 Å². The van der Waals surface area contributed by atoms with Gasteiger partial charge in [0.1, 0.15) is 6.61 Å². The number of pyridine rings is 1. The van der Waals surface area contributed by atoms with Crippen LogP contribution in [0.25, 0.3) is 0 Å². The molecule has 0 bridgehead atoms. The van der Waals surface area contributed by atoms with Crippen molar-refractivity contribution >= 4 is 21.9 Å². The molecule has 5 heteroatoms. The summed E-state index contributed by atoms with van der Waals surface area (Å²) < 4.78 is 19.2. The van der Waals surface area contributed by atoms with Crippen molar-refractivity contribution in [1.82, 2.24) is 4.98 Å². The summed E-state index contributed by atoms with van der Waals surface area (Å²) in [5.74, 6) is -1.39. The predicted molar refractivity (Wildman–Crippen MR) is 67.5 cm³/mol. The molecule has 0 spiro atoms. The summed E-state index contributed by atoms with van der Waals surface area (Å²) in [6.45, 7) is 0.0853. The summed E-state index contributed by atoms with van der Waals surface area (Å²) in [5, 5.41) is 0. The van der Waals surface area contributed by atoms with E-state index in [4.69, 9.17) is 4.74 Å². The van der Waals surface area contributed by atoms with Gasteiger partial charge in [-0.1, -0.05) is 34.1 Å². The maximum absolute atomic E-state index is 13.3. The van der Waals surface area contributed by atoms with E-state index in [0.29, 0.717) is 0 Å². The quantitative estimate of drug-likeness (QED) is 0.816. The average Bonchev–Trinajstić information content (AvgIpc) is 2.38. The molecule has 0 aliphatic rings. The van der Waals surface area contributed by atoms with Crippen molar-refractivity contribution in [2.75, 3.05) is 0 Å². The van der Waals surface area contributed by atoms with E-state index in [1.165, 1.54) is 12.3 Å². The molecular formula is C13H9BrFNO2. The van der Waals surface area contributed by atoms with E-state index < -0.39 is 11.8 Å². The van der Waals surface area contributed by atoms with Gasteiger partial charge in [0, 0.05) is 16.2 Å². The Hall–Kier alpha value is -1.75. The van der Waals surface area contributed by atoms with Gasteiger partial charge in [-0.3, -0.25) is 4.98 Å². The van der Waals surface area contributed by atoms with E-state index in [1.807, 2.05) is 24.3 Å². The molecule has 1 aromatic heterocycles. The molecule has 2 aromatic rings. The Kier molecular flexibility index (Phi) is 4.04. The summed E-state index contributed by atoms with van der Waals surface area (Å²) in [7, 11) is 0. The lowest BCUT2D eigenvalue weighted by Gasteiger charge is -2.06. The number of hydrogen-bond acceptors (Lipinski definition) is 3. The van der Waals surface area contributed by atoms with Crippen LogP contribution >= 0.6 is 15.9 Å². The van der Waals surface area contributed by atoms with Crippen LogP contribution in [0.2, 0.25) is 0 Å². The van der Waals surface area contributed by atoms with E-state index in [9.17, 15) is 9.18 Å². The van der Waals surface area contributed by atoms with Crippen LogP contribution in [0.15, 0.2) is 47.2 Å². The fourth-order valence-corrected chi connectivity index (χ4v) is 1.78. The third-order valence-electron chi connectivity index (χ3n) is 2.31. The number of halogens is 2. The predicted octanol–water partition coefficient (Wildman–Crippen LogP) is 3.34. The molecule has 0 radical (unpaired) electrons. The monoisotopic (exact) mass is 309 g/mol. The summed E-state index contributed by atoms with van der Waals surface area (Å²) in [5.41, 5.74) is 0.706. The number of nitrogens with zero attached hydrogens (tertiary/aromatic N) is 1. The highest BCUT2D eigenvalue weighted by atomic mass is 79.9. The van der Waals surface area contributed by atoms with Gasteiger partial charge in [0.25, 0.3) is 0 Å². The summed E-state index contributed by atoms with van der Waals surface area (Å²) in [6, 6.07) is 8.65. The average molecular weight is 310 g/mol.